The van der Waals surface area contributed by atoms with Gasteiger partial charge in [-0.2, -0.15) is 13.2 Å². The molecule has 2 saturated heterocycles. The van der Waals surface area contributed by atoms with Crippen LogP contribution in [0.2, 0.25) is 0 Å². The van der Waals surface area contributed by atoms with E-state index in [2.05, 4.69) is 36.1 Å². The average Bonchev–Trinajstić information content (AvgIpc) is 2.67. The number of carboxylic acids is 1. The molecule has 2 aliphatic rings. The minimum absolute atomic E-state index is 0.455. The van der Waals surface area contributed by atoms with Gasteiger partial charge in [-0.05, 0) is 55.8 Å². The molecule has 1 N–H and O–H groups in total. The van der Waals surface area contributed by atoms with Crippen LogP contribution >= 0.6 is 0 Å². The Kier molecular flexibility index (Phi) is 8.48. The van der Waals surface area contributed by atoms with Crippen LogP contribution < -0.4 is 0 Å². The zero-order valence-electron chi connectivity index (χ0n) is 17.0. The van der Waals surface area contributed by atoms with E-state index < -0.39 is 12.1 Å². The van der Waals surface area contributed by atoms with Gasteiger partial charge in [0.25, 0.3) is 0 Å². The highest BCUT2D eigenvalue weighted by Gasteiger charge is 2.43. The summed E-state index contributed by atoms with van der Waals surface area (Å²) in [7, 11) is 1.82. The summed E-state index contributed by atoms with van der Waals surface area (Å²) in [4.78, 5) is 11.5. The van der Waals surface area contributed by atoms with Crippen molar-refractivity contribution in [2.24, 2.45) is 11.3 Å². The lowest BCUT2D eigenvalue weighted by Crippen LogP contribution is -2.49. The van der Waals surface area contributed by atoms with Gasteiger partial charge < -0.3 is 14.6 Å². The second kappa shape index (κ2) is 10.4. The quantitative estimate of drug-likeness (QED) is 0.806. The minimum Gasteiger partial charge on any atom is -0.475 e. The number of piperidine rings is 1. The zero-order valence-corrected chi connectivity index (χ0v) is 17.0. The smallest absolute Gasteiger partial charge is 0.475 e. The molecule has 0 bridgehead atoms. The lowest BCUT2D eigenvalue weighted by molar-refractivity contribution is -0.192. The number of carbonyl (C=O) groups is 1. The summed E-state index contributed by atoms with van der Waals surface area (Å²) in [6.45, 7) is 8.37. The van der Waals surface area contributed by atoms with Crippen molar-refractivity contribution in [3.05, 3.63) is 35.4 Å². The van der Waals surface area contributed by atoms with Crippen LogP contribution in [0.5, 0.6) is 0 Å². The molecule has 1 atom stereocenters. The van der Waals surface area contributed by atoms with Crippen LogP contribution in [-0.4, -0.2) is 62.2 Å². The fourth-order valence-corrected chi connectivity index (χ4v) is 4.15. The van der Waals surface area contributed by atoms with Crippen molar-refractivity contribution in [2.45, 2.75) is 38.9 Å². The third-order valence-corrected chi connectivity index (χ3v) is 6.05. The largest absolute Gasteiger partial charge is 0.490 e. The van der Waals surface area contributed by atoms with Gasteiger partial charge in [0.05, 0.1) is 13.2 Å². The number of likely N-dealkylation sites (tertiary alicyclic amines) is 1. The first-order chi connectivity index (χ1) is 13.7. The number of ether oxygens (including phenoxy) is 2. The van der Waals surface area contributed by atoms with Crippen LogP contribution in [0.3, 0.4) is 0 Å². The molecular formula is C21H30F3NO4. The molecule has 0 radical (unpaired) electrons. The second-order valence-corrected chi connectivity index (χ2v) is 7.85. The second-order valence-electron chi connectivity index (χ2n) is 7.85. The number of carboxylic acid groups (broad SMARTS) is 1. The molecule has 0 aromatic heterocycles. The van der Waals surface area contributed by atoms with Crippen molar-refractivity contribution >= 4 is 5.97 Å². The van der Waals surface area contributed by atoms with Gasteiger partial charge in [-0.3, -0.25) is 4.90 Å². The van der Waals surface area contributed by atoms with Crippen molar-refractivity contribution < 1.29 is 32.5 Å². The molecule has 1 aromatic carbocycles. The van der Waals surface area contributed by atoms with Gasteiger partial charge in [0, 0.05) is 26.2 Å². The monoisotopic (exact) mass is 417 g/mol. The molecule has 0 aliphatic carbocycles. The number of benzene rings is 1. The van der Waals surface area contributed by atoms with Gasteiger partial charge in [0.2, 0.25) is 0 Å². The van der Waals surface area contributed by atoms with Gasteiger partial charge in [0.15, 0.2) is 0 Å². The predicted octanol–water partition coefficient (Wildman–Crippen LogP) is 3.89. The Balaban J connectivity index is 0.000000370. The maximum atomic E-state index is 10.6. The van der Waals surface area contributed by atoms with Crippen molar-refractivity contribution in [3.63, 3.8) is 0 Å². The molecule has 2 heterocycles. The highest BCUT2D eigenvalue weighted by molar-refractivity contribution is 5.73. The SMILES string of the molecule is COCC1COCCC12CCN(Cc1ccccc1C)CC2.O=C(O)C(F)(F)F. The predicted molar refractivity (Wildman–Crippen MR) is 103 cm³/mol. The molecular weight excluding hydrogens is 387 g/mol. The van der Waals surface area contributed by atoms with Crippen molar-refractivity contribution in [3.8, 4) is 0 Å². The Morgan fingerprint density at radius 1 is 1.28 bits per heavy atom. The zero-order chi connectivity index (χ0) is 21.5. The first-order valence-electron chi connectivity index (χ1n) is 9.81. The number of methoxy groups -OCH3 is 1. The van der Waals surface area contributed by atoms with E-state index in [-0.39, 0.29) is 0 Å². The summed E-state index contributed by atoms with van der Waals surface area (Å²) in [5.74, 6) is -2.18. The van der Waals surface area contributed by atoms with E-state index in [0.29, 0.717) is 11.3 Å². The van der Waals surface area contributed by atoms with Crippen LogP contribution in [-0.2, 0) is 20.8 Å². The maximum Gasteiger partial charge on any atom is 0.490 e. The van der Waals surface area contributed by atoms with E-state index in [0.717, 1.165) is 26.4 Å². The summed E-state index contributed by atoms with van der Waals surface area (Å²) in [6, 6.07) is 8.76. The lowest BCUT2D eigenvalue weighted by atomic mass is 9.66. The van der Waals surface area contributed by atoms with Crippen molar-refractivity contribution in [2.75, 3.05) is 40.0 Å². The van der Waals surface area contributed by atoms with E-state index >= 15 is 0 Å². The van der Waals surface area contributed by atoms with E-state index in [1.165, 1.54) is 43.5 Å². The molecule has 0 saturated carbocycles. The number of halogens is 3. The molecule has 3 rings (SSSR count). The number of nitrogens with zero attached hydrogens (tertiary/aromatic N) is 1. The summed E-state index contributed by atoms with van der Waals surface area (Å²) in [6.07, 6.45) is -1.30. The molecule has 5 nitrogen and oxygen atoms in total. The van der Waals surface area contributed by atoms with Crippen LogP contribution in [0.4, 0.5) is 13.2 Å². The van der Waals surface area contributed by atoms with Gasteiger partial charge in [-0.25, -0.2) is 4.79 Å². The minimum atomic E-state index is -5.08. The highest BCUT2D eigenvalue weighted by atomic mass is 19.4. The lowest BCUT2D eigenvalue weighted by Gasteiger charge is -2.49. The summed E-state index contributed by atoms with van der Waals surface area (Å²) in [5, 5.41) is 7.12. The molecule has 2 fully saturated rings. The molecule has 8 heteroatoms. The number of hydrogen-bond donors (Lipinski definition) is 1. The number of aryl methyl sites for hydroxylation is 1. The van der Waals surface area contributed by atoms with E-state index in [1.54, 1.807) is 0 Å². The molecule has 29 heavy (non-hydrogen) atoms. The standard InChI is InChI=1S/C19H29NO2.C2HF3O2/c1-16-5-3-4-6-17(16)13-20-10-7-19(8-11-20)9-12-22-15-18(19)14-21-2;3-2(4,5)1(6)7/h3-6,18H,7-15H2,1-2H3;(H,6,7). The Bertz CT molecular complexity index is 656. The topological polar surface area (TPSA) is 59.0 Å². The van der Waals surface area contributed by atoms with Crippen LogP contribution in [0.15, 0.2) is 24.3 Å². The van der Waals surface area contributed by atoms with E-state index in [4.69, 9.17) is 19.4 Å². The van der Waals surface area contributed by atoms with Crippen molar-refractivity contribution in [1.29, 1.82) is 0 Å². The molecule has 1 spiro atoms. The molecule has 1 unspecified atom stereocenters. The van der Waals surface area contributed by atoms with Crippen molar-refractivity contribution in [1.82, 2.24) is 4.90 Å². The van der Waals surface area contributed by atoms with Gasteiger partial charge in [-0.1, -0.05) is 24.3 Å². The Morgan fingerprint density at radius 3 is 2.45 bits per heavy atom. The molecule has 1 aromatic rings. The first kappa shape index (κ1) is 23.6. The molecule has 2 aliphatic heterocycles. The Morgan fingerprint density at radius 2 is 1.90 bits per heavy atom. The number of aliphatic carboxylic acids is 1. The number of alkyl halides is 3. The maximum absolute atomic E-state index is 10.6. The third-order valence-electron chi connectivity index (χ3n) is 6.05. The fourth-order valence-electron chi connectivity index (χ4n) is 4.15. The van der Waals surface area contributed by atoms with Crippen LogP contribution in [0, 0.1) is 18.3 Å². The summed E-state index contributed by atoms with van der Waals surface area (Å²) < 4.78 is 42.9. The number of rotatable bonds is 4. The fraction of sp³-hybridized carbons (Fsp3) is 0.667. The third kappa shape index (κ3) is 6.69. The molecule has 164 valence electrons. The highest BCUT2D eigenvalue weighted by Crippen LogP contribution is 2.45. The summed E-state index contributed by atoms with van der Waals surface area (Å²) >= 11 is 0. The van der Waals surface area contributed by atoms with Gasteiger partial charge >= 0.3 is 12.1 Å². The van der Waals surface area contributed by atoms with Crippen LogP contribution in [0.25, 0.3) is 0 Å². The summed E-state index contributed by atoms with van der Waals surface area (Å²) in [5.41, 5.74) is 3.33. The van der Waals surface area contributed by atoms with Gasteiger partial charge in [-0.15, -0.1) is 0 Å². The average molecular weight is 417 g/mol. The molecule has 0 amide bonds. The van der Waals surface area contributed by atoms with Crippen LogP contribution in [0.1, 0.15) is 30.4 Å². The Hall–Kier alpha value is -1.64. The van der Waals surface area contributed by atoms with Gasteiger partial charge in [0.1, 0.15) is 0 Å². The number of hydrogen-bond acceptors (Lipinski definition) is 4. The normalized spacial score (nSPS) is 22.0. The van der Waals surface area contributed by atoms with E-state index in [1.807, 2.05) is 7.11 Å². The van der Waals surface area contributed by atoms with E-state index in [9.17, 15) is 13.2 Å². The first-order valence-corrected chi connectivity index (χ1v) is 9.81. The Labute approximate surface area is 169 Å².